The molecule has 0 saturated carbocycles. The molecule has 0 radical (unpaired) electrons. The monoisotopic (exact) mass is 300 g/mol. The molecule has 1 aliphatic heterocycles. The molecule has 1 saturated heterocycles. The zero-order valence-corrected chi connectivity index (χ0v) is 12.7. The minimum absolute atomic E-state index is 0.182. The maximum atomic E-state index is 12.3. The van der Waals surface area contributed by atoms with Crippen molar-refractivity contribution in [2.24, 2.45) is 0 Å². The fourth-order valence-electron chi connectivity index (χ4n) is 2.57. The van der Waals surface area contributed by atoms with Gasteiger partial charge in [-0.25, -0.2) is 9.97 Å². The van der Waals surface area contributed by atoms with Gasteiger partial charge in [-0.05, 0) is 18.6 Å². The molecule has 0 aromatic carbocycles. The van der Waals surface area contributed by atoms with Gasteiger partial charge in [0.15, 0.2) is 0 Å². The second kappa shape index (κ2) is 6.55. The van der Waals surface area contributed by atoms with Gasteiger partial charge >= 0.3 is 0 Å². The van der Waals surface area contributed by atoms with Gasteiger partial charge in [-0.1, -0.05) is 0 Å². The molecule has 7 nitrogen and oxygen atoms in total. The first-order chi connectivity index (χ1) is 10.7. The van der Waals surface area contributed by atoms with Gasteiger partial charge in [-0.3, -0.25) is 9.48 Å². The summed E-state index contributed by atoms with van der Waals surface area (Å²) in [5, 5.41) is 4.21. The van der Waals surface area contributed by atoms with Crippen LogP contribution in [-0.2, 0) is 11.3 Å². The molecule has 2 aromatic rings. The minimum Gasteiger partial charge on any atom is -0.339 e. The summed E-state index contributed by atoms with van der Waals surface area (Å²) in [4.78, 5) is 24.8. The summed E-state index contributed by atoms with van der Waals surface area (Å²) in [6, 6.07) is 1.81. The minimum atomic E-state index is 0.182. The second-order valence-corrected chi connectivity index (χ2v) is 5.45. The second-order valence-electron chi connectivity index (χ2n) is 5.45. The van der Waals surface area contributed by atoms with E-state index in [9.17, 15) is 4.79 Å². The number of amides is 1. The lowest BCUT2D eigenvalue weighted by Crippen LogP contribution is -2.49. The Hall–Kier alpha value is -2.44. The van der Waals surface area contributed by atoms with Gasteiger partial charge in [0.2, 0.25) is 11.9 Å². The highest BCUT2D eigenvalue weighted by Gasteiger charge is 2.22. The first-order valence-corrected chi connectivity index (χ1v) is 7.51. The molecule has 116 valence electrons. The van der Waals surface area contributed by atoms with Crippen LogP contribution in [0.2, 0.25) is 0 Å². The van der Waals surface area contributed by atoms with E-state index in [1.165, 1.54) is 0 Å². The highest BCUT2D eigenvalue weighted by atomic mass is 16.2. The zero-order chi connectivity index (χ0) is 15.4. The third kappa shape index (κ3) is 3.41. The Morgan fingerprint density at radius 3 is 2.55 bits per heavy atom. The molecule has 22 heavy (non-hydrogen) atoms. The Morgan fingerprint density at radius 2 is 1.91 bits per heavy atom. The van der Waals surface area contributed by atoms with Crippen LogP contribution in [0.25, 0.3) is 0 Å². The number of carbonyl (C=O) groups excluding carboxylic acids is 1. The molecule has 0 N–H and O–H groups in total. The number of hydrogen-bond donors (Lipinski definition) is 0. The number of nitrogens with zero attached hydrogens (tertiary/aromatic N) is 6. The van der Waals surface area contributed by atoms with Crippen LogP contribution in [0.1, 0.15) is 12.0 Å². The summed E-state index contributed by atoms with van der Waals surface area (Å²) in [6.45, 7) is 5.61. The maximum Gasteiger partial charge on any atom is 0.225 e. The van der Waals surface area contributed by atoms with Gasteiger partial charge < -0.3 is 9.80 Å². The number of aryl methyl sites for hydroxylation is 2. The summed E-state index contributed by atoms with van der Waals surface area (Å²) in [5.41, 5.74) is 1.11. The molecule has 0 spiro atoms. The van der Waals surface area contributed by atoms with Crippen molar-refractivity contribution in [2.45, 2.75) is 19.9 Å². The van der Waals surface area contributed by atoms with Crippen molar-refractivity contribution in [1.82, 2.24) is 24.6 Å². The van der Waals surface area contributed by atoms with Crippen LogP contribution in [0.15, 0.2) is 30.9 Å². The van der Waals surface area contributed by atoms with Crippen molar-refractivity contribution in [2.75, 3.05) is 31.1 Å². The van der Waals surface area contributed by atoms with Crippen molar-refractivity contribution >= 4 is 11.9 Å². The number of carbonyl (C=O) groups is 1. The molecule has 1 amide bonds. The molecular formula is C15H20N6O. The predicted molar refractivity (Wildman–Crippen MR) is 82.4 cm³/mol. The summed E-state index contributed by atoms with van der Waals surface area (Å²) < 4.78 is 1.82. The summed E-state index contributed by atoms with van der Waals surface area (Å²) in [5.74, 6) is 0.920. The summed E-state index contributed by atoms with van der Waals surface area (Å²) >= 11 is 0. The fourth-order valence-corrected chi connectivity index (χ4v) is 2.57. The summed E-state index contributed by atoms with van der Waals surface area (Å²) in [7, 11) is 0. The number of aromatic nitrogens is 4. The Morgan fingerprint density at radius 1 is 1.18 bits per heavy atom. The van der Waals surface area contributed by atoms with Crippen LogP contribution < -0.4 is 4.90 Å². The van der Waals surface area contributed by atoms with E-state index in [1.807, 2.05) is 28.9 Å². The van der Waals surface area contributed by atoms with Crippen LogP contribution in [0.5, 0.6) is 0 Å². The molecule has 0 bridgehead atoms. The molecule has 0 atom stereocenters. The number of rotatable bonds is 4. The van der Waals surface area contributed by atoms with E-state index in [0.29, 0.717) is 13.0 Å². The third-order valence-corrected chi connectivity index (χ3v) is 3.78. The average Bonchev–Trinajstić information content (AvgIpc) is 2.99. The maximum absolute atomic E-state index is 12.3. The molecule has 1 aliphatic rings. The Bertz CT molecular complexity index is 618. The topological polar surface area (TPSA) is 67.2 Å². The average molecular weight is 300 g/mol. The van der Waals surface area contributed by atoms with Gasteiger partial charge in [0.1, 0.15) is 0 Å². The van der Waals surface area contributed by atoms with Gasteiger partial charge in [-0.15, -0.1) is 0 Å². The first-order valence-electron chi connectivity index (χ1n) is 7.51. The highest BCUT2D eigenvalue weighted by molar-refractivity contribution is 5.76. The van der Waals surface area contributed by atoms with Crippen LogP contribution in [-0.4, -0.2) is 56.7 Å². The normalized spacial score (nSPS) is 15.1. The van der Waals surface area contributed by atoms with Gasteiger partial charge in [0.25, 0.3) is 0 Å². The van der Waals surface area contributed by atoms with E-state index >= 15 is 0 Å². The van der Waals surface area contributed by atoms with Crippen molar-refractivity contribution in [3.05, 3.63) is 36.4 Å². The van der Waals surface area contributed by atoms with E-state index in [1.54, 1.807) is 18.5 Å². The van der Waals surface area contributed by atoms with Crippen molar-refractivity contribution < 1.29 is 4.79 Å². The largest absolute Gasteiger partial charge is 0.339 e. The SMILES string of the molecule is Cc1cnn(CCC(=O)N2CCN(c3ncccn3)CC2)c1. The zero-order valence-electron chi connectivity index (χ0n) is 12.7. The van der Waals surface area contributed by atoms with E-state index in [2.05, 4.69) is 20.0 Å². The molecule has 1 fully saturated rings. The van der Waals surface area contributed by atoms with Crippen LogP contribution in [0.3, 0.4) is 0 Å². The smallest absolute Gasteiger partial charge is 0.225 e. The number of anilines is 1. The Kier molecular flexibility index (Phi) is 4.32. The van der Waals surface area contributed by atoms with E-state index in [0.717, 1.165) is 37.7 Å². The molecule has 7 heteroatoms. The molecule has 2 aromatic heterocycles. The van der Waals surface area contributed by atoms with Crippen LogP contribution in [0.4, 0.5) is 5.95 Å². The Labute approximate surface area is 129 Å². The van der Waals surface area contributed by atoms with Crippen molar-refractivity contribution in [3.63, 3.8) is 0 Å². The third-order valence-electron chi connectivity index (χ3n) is 3.78. The Balaban J connectivity index is 1.47. The summed E-state index contributed by atoms with van der Waals surface area (Å²) in [6.07, 6.45) is 7.74. The number of hydrogen-bond acceptors (Lipinski definition) is 5. The molecule has 3 rings (SSSR count). The molecule has 3 heterocycles. The van der Waals surface area contributed by atoms with Gasteiger partial charge in [0, 0.05) is 57.7 Å². The quantitative estimate of drug-likeness (QED) is 0.832. The van der Waals surface area contributed by atoms with Crippen molar-refractivity contribution in [1.29, 1.82) is 0 Å². The van der Waals surface area contributed by atoms with Gasteiger partial charge in [0.05, 0.1) is 6.20 Å². The van der Waals surface area contributed by atoms with E-state index in [4.69, 9.17) is 0 Å². The van der Waals surface area contributed by atoms with Crippen LogP contribution >= 0.6 is 0 Å². The lowest BCUT2D eigenvalue weighted by Gasteiger charge is -2.34. The van der Waals surface area contributed by atoms with Gasteiger partial charge in [-0.2, -0.15) is 5.10 Å². The number of piperazine rings is 1. The molecule has 0 unspecified atom stereocenters. The predicted octanol–water partition coefficient (Wildman–Crippen LogP) is 0.720. The highest BCUT2D eigenvalue weighted by Crippen LogP contribution is 2.10. The lowest BCUT2D eigenvalue weighted by molar-refractivity contribution is -0.131. The van der Waals surface area contributed by atoms with Crippen LogP contribution in [0, 0.1) is 6.92 Å². The van der Waals surface area contributed by atoms with Crippen molar-refractivity contribution in [3.8, 4) is 0 Å². The fraction of sp³-hybridized carbons (Fsp3) is 0.467. The van der Waals surface area contributed by atoms with E-state index in [-0.39, 0.29) is 5.91 Å². The molecular weight excluding hydrogens is 280 g/mol. The first kappa shape index (κ1) is 14.5. The molecule has 0 aliphatic carbocycles. The lowest BCUT2D eigenvalue weighted by atomic mass is 10.3. The standard InChI is InChI=1S/C15H20N6O/c1-13-11-18-21(12-13)6-3-14(22)19-7-9-20(10-8-19)15-16-4-2-5-17-15/h2,4-5,11-12H,3,6-10H2,1H3. The van der Waals surface area contributed by atoms with E-state index < -0.39 is 0 Å².